The van der Waals surface area contributed by atoms with Gasteiger partial charge < -0.3 is 19.1 Å². The van der Waals surface area contributed by atoms with Crippen molar-refractivity contribution in [2.75, 3.05) is 31.4 Å². The van der Waals surface area contributed by atoms with Crippen molar-refractivity contribution in [3.63, 3.8) is 0 Å². The summed E-state index contributed by atoms with van der Waals surface area (Å²) in [7, 11) is -2.56. The second kappa shape index (κ2) is 11.8. The number of ether oxygens (including phenoxy) is 2. The minimum absolute atomic E-state index is 0.0813. The SMILES string of the molecule is COCCOCN(c1onc(C)c1C)S(=O)(=O)c1ccccc1-c1ccc(CO)cc1CC(C)C. The standard InChI is InChI=1S/C26H34N2O6S/c1-18(2)14-22-15-21(16-29)10-11-23(22)24-8-6-7-9-25(24)35(30,31)28(17-33-13-12-32-5)26-19(3)20(4)27-34-26/h6-11,15,18,29H,12-14,16-17H2,1-5H3. The van der Waals surface area contributed by atoms with Gasteiger partial charge in [-0.05, 0) is 48.9 Å². The number of aliphatic hydroxyl groups excluding tert-OH is 1. The molecule has 0 aliphatic heterocycles. The molecule has 0 fully saturated rings. The minimum Gasteiger partial charge on any atom is -0.392 e. The van der Waals surface area contributed by atoms with E-state index in [2.05, 4.69) is 19.0 Å². The second-order valence-corrected chi connectivity index (χ2v) is 10.7. The maximum absolute atomic E-state index is 14.1. The summed E-state index contributed by atoms with van der Waals surface area (Å²) in [6, 6.07) is 12.5. The zero-order valence-electron chi connectivity index (χ0n) is 20.9. The summed E-state index contributed by atoms with van der Waals surface area (Å²) in [5.41, 5.74) is 4.36. The maximum Gasteiger partial charge on any atom is 0.269 e. The van der Waals surface area contributed by atoms with Gasteiger partial charge in [0.25, 0.3) is 10.0 Å². The third kappa shape index (κ3) is 6.10. The number of sulfonamides is 1. The van der Waals surface area contributed by atoms with Gasteiger partial charge in [0, 0.05) is 18.2 Å². The number of hydrogen-bond acceptors (Lipinski definition) is 7. The Morgan fingerprint density at radius 3 is 2.46 bits per heavy atom. The molecule has 0 unspecified atom stereocenters. The van der Waals surface area contributed by atoms with Crippen LogP contribution in [0.2, 0.25) is 0 Å². The number of aryl methyl sites for hydroxylation is 1. The van der Waals surface area contributed by atoms with E-state index in [0.29, 0.717) is 29.3 Å². The van der Waals surface area contributed by atoms with E-state index < -0.39 is 10.0 Å². The lowest BCUT2D eigenvalue weighted by molar-refractivity contribution is 0.0744. The van der Waals surface area contributed by atoms with E-state index in [-0.39, 0.29) is 30.7 Å². The molecule has 9 heteroatoms. The zero-order chi connectivity index (χ0) is 25.6. The highest BCUT2D eigenvalue weighted by Crippen LogP contribution is 2.36. The van der Waals surface area contributed by atoms with Crippen LogP contribution in [0.1, 0.15) is 36.2 Å². The Morgan fingerprint density at radius 1 is 1.09 bits per heavy atom. The molecule has 35 heavy (non-hydrogen) atoms. The molecule has 3 rings (SSSR count). The fraction of sp³-hybridized carbons (Fsp3) is 0.423. The van der Waals surface area contributed by atoms with E-state index in [1.807, 2.05) is 24.3 Å². The van der Waals surface area contributed by atoms with Gasteiger partial charge in [0.05, 0.1) is 30.4 Å². The van der Waals surface area contributed by atoms with E-state index in [0.717, 1.165) is 27.4 Å². The highest BCUT2D eigenvalue weighted by Gasteiger charge is 2.32. The molecule has 1 aromatic heterocycles. The summed E-state index contributed by atoms with van der Waals surface area (Å²) < 4.78 is 45.4. The third-order valence-electron chi connectivity index (χ3n) is 5.73. The predicted octanol–water partition coefficient (Wildman–Crippen LogP) is 4.47. The minimum atomic E-state index is -4.11. The molecule has 0 spiro atoms. The number of anilines is 1. The van der Waals surface area contributed by atoms with Crippen molar-refractivity contribution >= 4 is 15.9 Å². The van der Waals surface area contributed by atoms with Crippen molar-refractivity contribution in [1.29, 1.82) is 0 Å². The van der Waals surface area contributed by atoms with E-state index in [4.69, 9.17) is 14.0 Å². The summed E-state index contributed by atoms with van der Waals surface area (Å²) in [4.78, 5) is 0.130. The molecule has 3 aromatic rings. The molecule has 1 heterocycles. The number of rotatable bonds is 12. The number of nitrogens with zero attached hydrogens (tertiary/aromatic N) is 2. The lowest BCUT2D eigenvalue weighted by Gasteiger charge is -2.24. The van der Waals surface area contributed by atoms with Crippen molar-refractivity contribution in [3.8, 4) is 11.1 Å². The van der Waals surface area contributed by atoms with Crippen LogP contribution in [-0.2, 0) is 32.5 Å². The molecule has 2 aromatic carbocycles. The van der Waals surface area contributed by atoms with Gasteiger partial charge in [-0.2, -0.15) is 0 Å². The number of methoxy groups -OCH3 is 1. The van der Waals surface area contributed by atoms with Crippen molar-refractivity contribution in [2.24, 2.45) is 5.92 Å². The average molecular weight is 503 g/mol. The molecule has 0 aliphatic carbocycles. The largest absolute Gasteiger partial charge is 0.392 e. The van der Waals surface area contributed by atoms with Crippen molar-refractivity contribution in [2.45, 2.75) is 45.6 Å². The first-order valence-electron chi connectivity index (χ1n) is 11.5. The van der Waals surface area contributed by atoms with Gasteiger partial charge in [-0.15, -0.1) is 0 Å². The lowest BCUT2D eigenvalue weighted by atomic mass is 9.92. The lowest BCUT2D eigenvalue weighted by Crippen LogP contribution is -2.34. The van der Waals surface area contributed by atoms with Gasteiger partial charge in [0.1, 0.15) is 6.73 Å². The van der Waals surface area contributed by atoms with Gasteiger partial charge in [-0.1, -0.05) is 55.4 Å². The van der Waals surface area contributed by atoms with E-state index in [1.165, 1.54) is 0 Å². The van der Waals surface area contributed by atoms with Crippen LogP contribution in [0.4, 0.5) is 5.88 Å². The Kier molecular flexibility index (Phi) is 9.07. The topological polar surface area (TPSA) is 102 Å². The molecular formula is C26H34N2O6S. The quantitative estimate of drug-likeness (QED) is 0.288. The Hall–Kier alpha value is -2.72. The van der Waals surface area contributed by atoms with Crippen LogP contribution in [0, 0.1) is 19.8 Å². The van der Waals surface area contributed by atoms with Crippen molar-refractivity contribution in [3.05, 3.63) is 64.8 Å². The van der Waals surface area contributed by atoms with E-state index in [9.17, 15) is 13.5 Å². The maximum atomic E-state index is 14.1. The summed E-state index contributed by atoms with van der Waals surface area (Å²) in [5, 5.41) is 13.6. The Labute approximate surface area is 207 Å². The second-order valence-electron chi connectivity index (χ2n) is 8.83. The molecule has 0 saturated heterocycles. The van der Waals surface area contributed by atoms with Crippen LogP contribution in [0.3, 0.4) is 0 Å². The van der Waals surface area contributed by atoms with Crippen LogP contribution in [0.5, 0.6) is 0 Å². The third-order valence-corrected chi connectivity index (χ3v) is 7.49. The zero-order valence-corrected chi connectivity index (χ0v) is 21.8. The molecule has 0 amide bonds. The number of aliphatic hydroxyl groups is 1. The molecule has 0 bridgehead atoms. The fourth-order valence-corrected chi connectivity index (χ4v) is 5.36. The average Bonchev–Trinajstić information content (AvgIpc) is 3.16. The van der Waals surface area contributed by atoms with Gasteiger partial charge in [-0.25, -0.2) is 12.7 Å². The van der Waals surface area contributed by atoms with Crippen LogP contribution in [0.25, 0.3) is 11.1 Å². The molecule has 8 nitrogen and oxygen atoms in total. The summed E-state index contributed by atoms with van der Waals surface area (Å²) >= 11 is 0. The van der Waals surface area contributed by atoms with Gasteiger partial charge in [-0.3, -0.25) is 0 Å². The summed E-state index contributed by atoms with van der Waals surface area (Å²) in [5.74, 6) is 0.463. The monoisotopic (exact) mass is 502 g/mol. The summed E-state index contributed by atoms with van der Waals surface area (Å²) in [6.45, 7) is 7.94. The molecule has 0 radical (unpaired) electrons. The smallest absolute Gasteiger partial charge is 0.269 e. The van der Waals surface area contributed by atoms with Crippen LogP contribution >= 0.6 is 0 Å². The molecule has 0 saturated carbocycles. The number of benzene rings is 2. The number of hydrogen-bond donors (Lipinski definition) is 1. The molecule has 190 valence electrons. The van der Waals surface area contributed by atoms with Gasteiger partial charge in [0.2, 0.25) is 5.88 Å². The normalized spacial score (nSPS) is 11.9. The molecule has 1 N–H and O–H groups in total. The van der Waals surface area contributed by atoms with E-state index >= 15 is 0 Å². The molecule has 0 aliphatic rings. The van der Waals surface area contributed by atoms with Gasteiger partial charge >= 0.3 is 0 Å². The van der Waals surface area contributed by atoms with Crippen molar-refractivity contribution < 1.29 is 27.5 Å². The Balaban J connectivity index is 2.14. The molecular weight excluding hydrogens is 468 g/mol. The number of aromatic nitrogens is 1. The van der Waals surface area contributed by atoms with Crippen LogP contribution in [-0.4, -0.2) is 45.7 Å². The fourth-order valence-electron chi connectivity index (χ4n) is 3.81. The highest BCUT2D eigenvalue weighted by atomic mass is 32.2. The predicted molar refractivity (Wildman–Crippen MR) is 135 cm³/mol. The van der Waals surface area contributed by atoms with Crippen molar-refractivity contribution in [1.82, 2.24) is 5.16 Å². The summed E-state index contributed by atoms with van der Waals surface area (Å²) in [6.07, 6.45) is 0.738. The molecule has 0 atom stereocenters. The van der Waals surface area contributed by atoms with E-state index in [1.54, 1.807) is 39.2 Å². The Bertz CT molecular complexity index is 1240. The van der Waals surface area contributed by atoms with Gasteiger partial charge in [0.15, 0.2) is 0 Å². The van der Waals surface area contributed by atoms with Crippen LogP contribution in [0.15, 0.2) is 51.9 Å². The highest BCUT2D eigenvalue weighted by molar-refractivity contribution is 7.93. The Morgan fingerprint density at radius 2 is 1.83 bits per heavy atom. The first-order valence-corrected chi connectivity index (χ1v) is 13.0. The van der Waals surface area contributed by atoms with Crippen LogP contribution < -0.4 is 4.31 Å². The first-order chi connectivity index (χ1) is 16.7. The first kappa shape index (κ1) is 26.9.